The van der Waals surface area contributed by atoms with Crippen molar-refractivity contribution in [1.82, 2.24) is 0 Å². The minimum atomic E-state index is 1.04. The molecule has 0 aromatic heterocycles. The lowest BCUT2D eigenvalue weighted by Crippen LogP contribution is -1.80. The summed E-state index contributed by atoms with van der Waals surface area (Å²) < 4.78 is 0. The lowest BCUT2D eigenvalue weighted by atomic mass is 10.1. The van der Waals surface area contributed by atoms with E-state index in [1.54, 1.807) is 0 Å². The molecule has 0 heteroatoms. The van der Waals surface area contributed by atoms with Crippen molar-refractivity contribution in [3.8, 4) is 0 Å². The van der Waals surface area contributed by atoms with Crippen LogP contribution in [0.3, 0.4) is 0 Å². The van der Waals surface area contributed by atoms with Crippen LogP contribution in [0.25, 0.3) is 0 Å². The van der Waals surface area contributed by atoms with Crippen molar-refractivity contribution in [1.29, 1.82) is 0 Å². The zero-order chi connectivity index (χ0) is 10.2. The van der Waals surface area contributed by atoms with Gasteiger partial charge in [-0.25, -0.2) is 0 Å². The summed E-state index contributed by atoms with van der Waals surface area (Å²) >= 11 is 0. The van der Waals surface area contributed by atoms with Gasteiger partial charge >= 0.3 is 0 Å². The molecule has 0 nitrogen and oxygen atoms in total. The van der Waals surface area contributed by atoms with Gasteiger partial charge < -0.3 is 0 Å². The van der Waals surface area contributed by atoms with Gasteiger partial charge in [-0.05, 0) is 31.7 Å². The first-order valence-electron chi connectivity index (χ1n) is 5.14. The molecule has 0 spiro atoms. The SMILES string of the molecule is C=CCC/C=C\Cc1ccc(C)cc1. The highest BCUT2D eigenvalue weighted by Crippen LogP contribution is 2.04. The molecule has 14 heavy (non-hydrogen) atoms. The van der Waals surface area contributed by atoms with Crippen LogP contribution in [0.4, 0.5) is 0 Å². The fourth-order valence-corrected chi connectivity index (χ4v) is 1.28. The first kappa shape index (κ1) is 10.8. The molecule has 0 aliphatic carbocycles. The molecule has 74 valence electrons. The predicted molar refractivity (Wildman–Crippen MR) is 63.5 cm³/mol. The highest BCUT2D eigenvalue weighted by atomic mass is 13.9. The van der Waals surface area contributed by atoms with Crippen LogP contribution >= 0.6 is 0 Å². The number of hydrogen-bond acceptors (Lipinski definition) is 0. The molecule has 0 fully saturated rings. The average molecular weight is 186 g/mol. The lowest BCUT2D eigenvalue weighted by Gasteiger charge is -1.96. The summed E-state index contributed by atoms with van der Waals surface area (Å²) in [7, 11) is 0. The van der Waals surface area contributed by atoms with Gasteiger partial charge in [0.15, 0.2) is 0 Å². The molecule has 0 atom stereocenters. The van der Waals surface area contributed by atoms with Crippen LogP contribution in [0.1, 0.15) is 24.0 Å². The van der Waals surface area contributed by atoms with Gasteiger partial charge in [-0.2, -0.15) is 0 Å². The molecule has 0 aliphatic rings. The van der Waals surface area contributed by atoms with E-state index in [9.17, 15) is 0 Å². The molecule has 0 N–H and O–H groups in total. The highest BCUT2D eigenvalue weighted by molar-refractivity contribution is 5.22. The second-order valence-corrected chi connectivity index (χ2v) is 3.53. The van der Waals surface area contributed by atoms with E-state index in [1.807, 2.05) is 6.08 Å². The predicted octanol–water partition coefficient (Wildman–Crippen LogP) is 4.06. The third kappa shape index (κ3) is 4.08. The molecule has 0 aliphatic heterocycles. The van der Waals surface area contributed by atoms with E-state index in [1.165, 1.54) is 11.1 Å². The minimum Gasteiger partial charge on any atom is -0.103 e. The van der Waals surface area contributed by atoms with Crippen LogP contribution < -0.4 is 0 Å². The van der Waals surface area contributed by atoms with Gasteiger partial charge in [-0.15, -0.1) is 6.58 Å². The fourth-order valence-electron chi connectivity index (χ4n) is 1.28. The summed E-state index contributed by atoms with van der Waals surface area (Å²) in [5.74, 6) is 0. The van der Waals surface area contributed by atoms with Crippen LogP contribution in [-0.4, -0.2) is 0 Å². The number of unbranched alkanes of at least 4 members (excludes halogenated alkanes) is 1. The Kier molecular flexibility index (Phi) is 4.77. The lowest BCUT2D eigenvalue weighted by molar-refractivity contribution is 1.04. The van der Waals surface area contributed by atoms with Crippen molar-refractivity contribution < 1.29 is 0 Å². The minimum absolute atomic E-state index is 1.04. The summed E-state index contributed by atoms with van der Waals surface area (Å²) in [6.45, 7) is 5.81. The number of rotatable bonds is 5. The van der Waals surface area contributed by atoms with Gasteiger partial charge in [0.2, 0.25) is 0 Å². The summed E-state index contributed by atoms with van der Waals surface area (Å²) in [5, 5.41) is 0. The monoisotopic (exact) mass is 186 g/mol. The molecule has 1 aromatic rings. The third-order valence-corrected chi connectivity index (χ3v) is 2.18. The normalized spacial score (nSPS) is 10.6. The molecule has 0 heterocycles. The second-order valence-electron chi connectivity index (χ2n) is 3.53. The Labute approximate surface area is 87.0 Å². The summed E-state index contributed by atoms with van der Waals surface area (Å²) in [6, 6.07) is 8.69. The molecule has 0 amide bonds. The van der Waals surface area contributed by atoms with Crippen molar-refractivity contribution in [3.63, 3.8) is 0 Å². The summed E-state index contributed by atoms with van der Waals surface area (Å²) in [6.07, 6.45) is 9.63. The Morgan fingerprint density at radius 3 is 2.43 bits per heavy atom. The van der Waals surface area contributed by atoms with Gasteiger partial charge in [-0.1, -0.05) is 48.1 Å². The topological polar surface area (TPSA) is 0 Å². The summed E-state index contributed by atoms with van der Waals surface area (Å²) in [5.41, 5.74) is 2.70. The first-order valence-corrected chi connectivity index (χ1v) is 5.14. The van der Waals surface area contributed by atoms with E-state index in [0.29, 0.717) is 0 Å². The maximum Gasteiger partial charge on any atom is -0.00975 e. The molecule has 0 radical (unpaired) electrons. The molecule has 1 rings (SSSR count). The van der Waals surface area contributed by atoms with Gasteiger partial charge in [0.05, 0.1) is 0 Å². The Balaban J connectivity index is 2.34. The van der Waals surface area contributed by atoms with Crippen LogP contribution in [-0.2, 0) is 6.42 Å². The molecule has 1 aromatic carbocycles. The summed E-state index contributed by atoms with van der Waals surface area (Å²) in [4.78, 5) is 0. The Bertz CT molecular complexity index is 290. The third-order valence-electron chi connectivity index (χ3n) is 2.18. The van der Waals surface area contributed by atoms with E-state index >= 15 is 0 Å². The Morgan fingerprint density at radius 1 is 1.07 bits per heavy atom. The van der Waals surface area contributed by atoms with Crippen LogP contribution in [0.15, 0.2) is 49.1 Å². The number of benzene rings is 1. The smallest absolute Gasteiger partial charge is 0.00975 e. The van der Waals surface area contributed by atoms with Crippen molar-refractivity contribution in [2.45, 2.75) is 26.2 Å². The largest absolute Gasteiger partial charge is 0.103 e. The average Bonchev–Trinajstić information content (AvgIpc) is 2.21. The van der Waals surface area contributed by atoms with Crippen molar-refractivity contribution in [3.05, 3.63) is 60.2 Å². The van der Waals surface area contributed by atoms with Crippen molar-refractivity contribution in [2.75, 3.05) is 0 Å². The van der Waals surface area contributed by atoms with Gasteiger partial charge in [0.1, 0.15) is 0 Å². The standard InChI is InChI=1S/C14H18/c1-3-4-5-6-7-8-14-11-9-13(2)10-12-14/h3,6-7,9-12H,1,4-5,8H2,2H3/b7-6-. The van der Waals surface area contributed by atoms with E-state index in [4.69, 9.17) is 0 Å². The number of hydrogen-bond donors (Lipinski definition) is 0. The molecular weight excluding hydrogens is 168 g/mol. The van der Waals surface area contributed by atoms with Crippen LogP contribution in [0, 0.1) is 6.92 Å². The van der Waals surface area contributed by atoms with Crippen molar-refractivity contribution >= 4 is 0 Å². The van der Waals surface area contributed by atoms with Gasteiger partial charge in [0.25, 0.3) is 0 Å². The maximum atomic E-state index is 3.69. The molecule has 0 bridgehead atoms. The number of allylic oxidation sites excluding steroid dienone is 3. The highest BCUT2D eigenvalue weighted by Gasteiger charge is 1.87. The zero-order valence-electron chi connectivity index (χ0n) is 8.87. The second kappa shape index (κ2) is 6.20. The van der Waals surface area contributed by atoms with E-state index in [2.05, 4.69) is 49.9 Å². The fraction of sp³-hybridized carbons (Fsp3) is 0.286. The van der Waals surface area contributed by atoms with Gasteiger partial charge in [0, 0.05) is 0 Å². The molecule has 0 saturated carbocycles. The van der Waals surface area contributed by atoms with Crippen LogP contribution in [0.5, 0.6) is 0 Å². The quantitative estimate of drug-likeness (QED) is 0.480. The molecular formula is C14H18. The number of aryl methyl sites for hydroxylation is 1. The molecule has 0 saturated heterocycles. The maximum absolute atomic E-state index is 3.69. The van der Waals surface area contributed by atoms with Crippen LogP contribution in [0.2, 0.25) is 0 Å². The van der Waals surface area contributed by atoms with E-state index in [-0.39, 0.29) is 0 Å². The van der Waals surface area contributed by atoms with E-state index in [0.717, 1.165) is 19.3 Å². The Hall–Kier alpha value is -1.30. The first-order chi connectivity index (χ1) is 6.83. The molecule has 0 unspecified atom stereocenters. The Morgan fingerprint density at radius 2 is 1.79 bits per heavy atom. The zero-order valence-corrected chi connectivity index (χ0v) is 8.87. The van der Waals surface area contributed by atoms with E-state index < -0.39 is 0 Å². The van der Waals surface area contributed by atoms with Gasteiger partial charge in [-0.3, -0.25) is 0 Å². The van der Waals surface area contributed by atoms with Crippen molar-refractivity contribution in [2.24, 2.45) is 0 Å².